The molecule has 0 amide bonds. The van der Waals surface area contributed by atoms with Crippen molar-refractivity contribution in [1.29, 1.82) is 5.53 Å². The van der Waals surface area contributed by atoms with Gasteiger partial charge in [0.2, 0.25) is 0 Å². The smallest absolute Gasteiger partial charge is 0.0772 e. The van der Waals surface area contributed by atoms with Crippen LogP contribution in [0.2, 0.25) is 0 Å². The Balaban J connectivity index is 3.52. The van der Waals surface area contributed by atoms with Crippen molar-refractivity contribution in [2.75, 3.05) is 0 Å². The molecule has 0 aliphatic heterocycles. The maximum atomic E-state index is 6.26. The van der Waals surface area contributed by atoms with Gasteiger partial charge >= 0.3 is 0 Å². The number of hydrogen-bond donors (Lipinski definition) is 1. The van der Waals surface area contributed by atoms with Gasteiger partial charge in [0.05, 0.1) is 5.70 Å². The lowest BCUT2D eigenvalue weighted by molar-refractivity contribution is 1.10. The zero-order valence-corrected chi connectivity index (χ0v) is 3.44. The fraction of sp³-hybridized carbons (Fsp3) is 0. The standard InChI is InChI=1S/C4H6N2/c1-3-4(2)6-5/h3,5H,1-2H2. The summed E-state index contributed by atoms with van der Waals surface area (Å²) in [6, 6.07) is 0. The molecule has 2 heteroatoms. The predicted octanol–water partition coefficient (Wildman–Crippen LogP) is 1.72. The van der Waals surface area contributed by atoms with Gasteiger partial charge in [0, 0.05) is 0 Å². The molecule has 0 heterocycles. The highest BCUT2D eigenvalue weighted by Crippen LogP contribution is 1.87. The van der Waals surface area contributed by atoms with Gasteiger partial charge in [0.25, 0.3) is 0 Å². The second-order valence-corrected chi connectivity index (χ2v) is 0.807. The highest BCUT2D eigenvalue weighted by molar-refractivity contribution is 5.06. The first-order chi connectivity index (χ1) is 2.81. The van der Waals surface area contributed by atoms with Crippen molar-refractivity contribution in [3.05, 3.63) is 24.9 Å². The fourth-order valence-electron chi connectivity index (χ4n) is 0.0456. The van der Waals surface area contributed by atoms with Gasteiger partial charge in [0.15, 0.2) is 0 Å². The zero-order chi connectivity index (χ0) is 4.99. The van der Waals surface area contributed by atoms with Crippen LogP contribution in [0.3, 0.4) is 0 Å². The summed E-state index contributed by atoms with van der Waals surface area (Å²) >= 11 is 0. The van der Waals surface area contributed by atoms with Crippen molar-refractivity contribution in [3.8, 4) is 0 Å². The summed E-state index contributed by atoms with van der Waals surface area (Å²) in [4.78, 5) is 0. The van der Waals surface area contributed by atoms with E-state index in [2.05, 4.69) is 18.3 Å². The SMILES string of the molecule is C=CC(=C)N=N. The highest BCUT2D eigenvalue weighted by atomic mass is 15.0. The molecule has 0 radical (unpaired) electrons. The van der Waals surface area contributed by atoms with Crippen LogP contribution in [0.4, 0.5) is 0 Å². The minimum atomic E-state index is 0.398. The largest absolute Gasteiger partial charge is 0.204 e. The molecule has 0 rings (SSSR count). The Hall–Kier alpha value is -0.920. The summed E-state index contributed by atoms with van der Waals surface area (Å²) in [5.41, 5.74) is 6.66. The van der Waals surface area contributed by atoms with Gasteiger partial charge in [-0.1, -0.05) is 13.2 Å². The summed E-state index contributed by atoms with van der Waals surface area (Å²) in [6.45, 7) is 6.64. The van der Waals surface area contributed by atoms with E-state index in [-0.39, 0.29) is 0 Å². The lowest BCUT2D eigenvalue weighted by Gasteiger charge is -1.74. The first-order valence-electron chi connectivity index (χ1n) is 1.50. The monoisotopic (exact) mass is 82.1 g/mol. The first kappa shape index (κ1) is 5.08. The van der Waals surface area contributed by atoms with Gasteiger partial charge < -0.3 is 0 Å². The Morgan fingerprint density at radius 3 is 2.33 bits per heavy atom. The number of hydrogen-bond acceptors (Lipinski definition) is 2. The molecule has 1 N–H and O–H groups in total. The molecule has 32 valence electrons. The Morgan fingerprint density at radius 1 is 1.83 bits per heavy atom. The fourth-order valence-corrected chi connectivity index (χ4v) is 0.0456. The van der Waals surface area contributed by atoms with Crippen molar-refractivity contribution in [2.45, 2.75) is 0 Å². The minimum Gasteiger partial charge on any atom is -0.204 e. The van der Waals surface area contributed by atoms with Crippen LogP contribution >= 0.6 is 0 Å². The van der Waals surface area contributed by atoms with Crippen molar-refractivity contribution < 1.29 is 0 Å². The second kappa shape index (κ2) is 2.33. The minimum absolute atomic E-state index is 0.398. The van der Waals surface area contributed by atoms with E-state index in [1.54, 1.807) is 0 Å². The van der Waals surface area contributed by atoms with Crippen molar-refractivity contribution >= 4 is 0 Å². The lowest BCUT2D eigenvalue weighted by atomic mass is 10.5. The van der Waals surface area contributed by atoms with E-state index in [0.717, 1.165) is 0 Å². The van der Waals surface area contributed by atoms with E-state index >= 15 is 0 Å². The molecule has 0 aromatic carbocycles. The molecular formula is C4H6N2. The Kier molecular flexibility index (Phi) is 1.97. The molecule has 0 aromatic rings. The summed E-state index contributed by atoms with van der Waals surface area (Å²) in [5.74, 6) is 0. The number of allylic oxidation sites excluding steroid dienone is 1. The number of nitrogens with zero attached hydrogens (tertiary/aromatic N) is 1. The highest BCUT2D eigenvalue weighted by Gasteiger charge is 1.69. The van der Waals surface area contributed by atoms with Crippen LogP contribution in [0.15, 0.2) is 30.0 Å². The molecule has 0 aliphatic carbocycles. The van der Waals surface area contributed by atoms with Crippen LogP contribution in [0.5, 0.6) is 0 Å². The molecule has 0 spiro atoms. The van der Waals surface area contributed by atoms with Gasteiger partial charge in [-0.05, 0) is 6.08 Å². The Labute approximate surface area is 36.7 Å². The van der Waals surface area contributed by atoms with E-state index < -0.39 is 0 Å². The molecule has 0 fully saturated rings. The molecule has 0 atom stereocenters. The maximum Gasteiger partial charge on any atom is 0.0772 e. The second-order valence-electron chi connectivity index (χ2n) is 0.807. The van der Waals surface area contributed by atoms with E-state index in [1.165, 1.54) is 6.08 Å². The molecule has 0 aromatic heterocycles. The molecule has 6 heavy (non-hydrogen) atoms. The Bertz CT molecular complexity index is 73.5. The van der Waals surface area contributed by atoms with Crippen LogP contribution in [0.1, 0.15) is 0 Å². The summed E-state index contributed by atoms with van der Waals surface area (Å²) in [7, 11) is 0. The molecule has 0 bridgehead atoms. The van der Waals surface area contributed by atoms with Gasteiger partial charge in [-0.3, -0.25) is 0 Å². The summed E-state index contributed by atoms with van der Waals surface area (Å²) in [5, 5.41) is 2.94. The van der Waals surface area contributed by atoms with E-state index in [9.17, 15) is 0 Å². The molecule has 2 nitrogen and oxygen atoms in total. The lowest BCUT2D eigenvalue weighted by Crippen LogP contribution is -1.55. The quantitative estimate of drug-likeness (QED) is 0.389. The predicted molar refractivity (Wildman–Crippen MR) is 24.5 cm³/mol. The molecule has 0 saturated heterocycles. The third kappa shape index (κ3) is 1.40. The van der Waals surface area contributed by atoms with Gasteiger partial charge in [-0.2, -0.15) is 5.11 Å². The average Bonchev–Trinajstić information content (AvgIpc) is 1.65. The topological polar surface area (TPSA) is 36.2 Å². The van der Waals surface area contributed by atoms with E-state index in [0.29, 0.717) is 5.70 Å². The number of nitrogens with one attached hydrogen (secondary N) is 1. The first-order valence-corrected chi connectivity index (χ1v) is 1.50. The average molecular weight is 82.1 g/mol. The van der Waals surface area contributed by atoms with Crippen molar-refractivity contribution in [1.82, 2.24) is 0 Å². The van der Waals surface area contributed by atoms with Crippen LogP contribution < -0.4 is 0 Å². The number of rotatable bonds is 2. The zero-order valence-electron chi connectivity index (χ0n) is 3.44. The van der Waals surface area contributed by atoms with E-state index in [4.69, 9.17) is 5.53 Å². The van der Waals surface area contributed by atoms with Crippen LogP contribution in [-0.4, -0.2) is 0 Å². The van der Waals surface area contributed by atoms with Crippen LogP contribution in [0.25, 0.3) is 0 Å². The van der Waals surface area contributed by atoms with Gasteiger partial charge in [0.1, 0.15) is 0 Å². The van der Waals surface area contributed by atoms with Gasteiger partial charge in [-0.15, -0.1) is 0 Å². The molecule has 0 aliphatic rings. The Morgan fingerprint density at radius 2 is 2.33 bits per heavy atom. The third-order valence-electron chi connectivity index (χ3n) is 0.379. The van der Waals surface area contributed by atoms with Gasteiger partial charge in [-0.25, -0.2) is 5.53 Å². The van der Waals surface area contributed by atoms with E-state index in [1.807, 2.05) is 0 Å². The normalized spacial score (nSPS) is 6.67. The van der Waals surface area contributed by atoms with Crippen molar-refractivity contribution in [3.63, 3.8) is 0 Å². The molecular weight excluding hydrogens is 76.1 g/mol. The van der Waals surface area contributed by atoms with Crippen LogP contribution in [0, 0.1) is 5.53 Å². The van der Waals surface area contributed by atoms with Crippen LogP contribution in [-0.2, 0) is 0 Å². The van der Waals surface area contributed by atoms with Crippen molar-refractivity contribution in [2.24, 2.45) is 5.11 Å². The summed E-state index contributed by atoms with van der Waals surface area (Å²) in [6.07, 6.45) is 1.42. The molecule has 0 saturated carbocycles. The third-order valence-corrected chi connectivity index (χ3v) is 0.379. The maximum absolute atomic E-state index is 6.26. The molecule has 0 unspecified atom stereocenters. The summed E-state index contributed by atoms with van der Waals surface area (Å²) < 4.78 is 0.